The molecule has 4 aromatic rings. The van der Waals surface area contributed by atoms with Crippen LogP contribution in [0.3, 0.4) is 0 Å². The van der Waals surface area contributed by atoms with E-state index in [1.807, 2.05) is 82.7 Å². The highest BCUT2D eigenvalue weighted by Crippen LogP contribution is 2.37. The molecule has 3 amide bonds. The van der Waals surface area contributed by atoms with E-state index in [2.05, 4.69) is 55.4 Å². The largest absolute Gasteiger partial charge is 0.391 e. The van der Waals surface area contributed by atoms with Crippen molar-refractivity contribution in [1.82, 2.24) is 45.9 Å². The molecule has 14 heteroatoms. The van der Waals surface area contributed by atoms with Gasteiger partial charge < -0.3 is 20.2 Å². The molecule has 1 saturated carbocycles. The lowest BCUT2D eigenvalue weighted by molar-refractivity contribution is -0.144. The quantitative estimate of drug-likeness (QED) is 0.0730. The first-order chi connectivity index (χ1) is 29.8. The molecule has 2 aromatic heterocycles. The molecule has 0 spiro atoms. The molecule has 2 aliphatic heterocycles. The third-order valence-corrected chi connectivity index (χ3v) is 14.3. The summed E-state index contributed by atoms with van der Waals surface area (Å²) >= 11 is 1.60. The number of aliphatic hydroxyl groups excluding tert-OH is 1. The average Bonchev–Trinajstić information content (AvgIpc) is 4.01. The van der Waals surface area contributed by atoms with E-state index in [4.69, 9.17) is 0 Å². The number of benzene rings is 2. The third-order valence-electron chi connectivity index (χ3n) is 13.3. The van der Waals surface area contributed by atoms with Crippen LogP contribution in [0.25, 0.3) is 10.4 Å². The lowest BCUT2D eigenvalue weighted by Gasteiger charge is -2.36. The Balaban J connectivity index is 0.882. The molecule has 1 aliphatic carbocycles. The van der Waals surface area contributed by atoms with Crippen LogP contribution >= 0.6 is 11.3 Å². The molecule has 4 N–H and O–H groups in total. The number of aromatic nitrogens is 4. The van der Waals surface area contributed by atoms with Gasteiger partial charge in [0, 0.05) is 37.8 Å². The Bertz CT molecular complexity index is 2100. The fourth-order valence-corrected chi connectivity index (χ4v) is 10.6. The van der Waals surface area contributed by atoms with Crippen molar-refractivity contribution in [2.45, 2.75) is 129 Å². The summed E-state index contributed by atoms with van der Waals surface area (Å²) in [6.45, 7) is 16.2. The van der Waals surface area contributed by atoms with Crippen LogP contribution in [0.5, 0.6) is 0 Å². The first-order valence-corrected chi connectivity index (χ1v) is 23.7. The summed E-state index contributed by atoms with van der Waals surface area (Å²) in [6, 6.07) is 14.5. The number of carbonyl (C=O) groups is 3. The van der Waals surface area contributed by atoms with Crippen LogP contribution in [0.15, 0.2) is 60.2 Å². The van der Waals surface area contributed by atoms with E-state index in [0.717, 1.165) is 92.1 Å². The average molecular weight is 866 g/mol. The van der Waals surface area contributed by atoms with Gasteiger partial charge in [0.05, 0.1) is 33.9 Å². The van der Waals surface area contributed by atoms with Gasteiger partial charge in [0.1, 0.15) is 12.1 Å². The summed E-state index contributed by atoms with van der Waals surface area (Å²) in [5.74, 6) is 1.15. The maximum Gasteiger partial charge on any atom is 0.265 e. The molecule has 334 valence electrons. The van der Waals surface area contributed by atoms with Gasteiger partial charge in [0.2, 0.25) is 11.8 Å². The zero-order valence-corrected chi connectivity index (χ0v) is 38.3. The van der Waals surface area contributed by atoms with Crippen molar-refractivity contribution in [3.63, 3.8) is 0 Å². The number of aryl methyl sites for hydroxylation is 1. The Morgan fingerprint density at radius 3 is 2.29 bits per heavy atom. The van der Waals surface area contributed by atoms with Gasteiger partial charge in [-0.15, -0.1) is 16.4 Å². The highest BCUT2D eigenvalue weighted by molar-refractivity contribution is 7.13. The smallest absolute Gasteiger partial charge is 0.265 e. The Hall–Kier alpha value is -4.50. The van der Waals surface area contributed by atoms with E-state index in [1.54, 1.807) is 20.9 Å². The second-order valence-electron chi connectivity index (χ2n) is 19.1. The maximum absolute atomic E-state index is 14.5. The second-order valence-corrected chi connectivity index (χ2v) is 20.0. The number of piperidine rings is 1. The van der Waals surface area contributed by atoms with Crippen LogP contribution in [0, 0.1) is 24.2 Å². The van der Waals surface area contributed by atoms with Gasteiger partial charge >= 0.3 is 0 Å². The number of rotatable bonds is 15. The summed E-state index contributed by atoms with van der Waals surface area (Å²) in [4.78, 5) is 50.3. The Labute approximate surface area is 371 Å². The first-order valence-electron chi connectivity index (χ1n) is 22.8. The van der Waals surface area contributed by atoms with Crippen LogP contribution in [-0.4, -0.2) is 97.5 Å². The Morgan fingerprint density at radius 1 is 0.952 bits per heavy atom. The number of hydrogen-bond donors (Lipinski definition) is 4. The summed E-state index contributed by atoms with van der Waals surface area (Å²) in [7, 11) is 0. The summed E-state index contributed by atoms with van der Waals surface area (Å²) in [6.07, 6.45) is 10.1. The zero-order chi connectivity index (χ0) is 44.0. The van der Waals surface area contributed by atoms with Crippen LogP contribution in [-0.2, 0) is 16.0 Å². The molecule has 4 heterocycles. The minimum atomic E-state index is -0.793. The normalized spacial score (nSPS) is 22.3. The van der Waals surface area contributed by atoms with Gasteiger partial charge in [0.15, 0.2) is 0 Å². The monoisotopic (exact) mass is 866 g/mol. The molecule has 3 fully saturated rings. The molecule has 0 unspecified atom stereocenters. The topological polar surface area (TPSA) is 158 Å². The van der Waals surface area contributed by atoms with Gasteiger partial charge in [-0.05, 0) is 130 Å². The third kappa shape index (κ3) is 11.2. The van der Waals surface area contributed by atoms with E-state index in [0.29, 0.717) is 23.3 Å². The van der Waals surface area contributed by atoms with Crippen molar-refractivity contribution in [3.8, 4) is 10.4 Å². The summed E-state index contributed by atoms with van der Waals surface area (Å²) in [5, 5.41) is 23.0. The number of hydrogen-bond acceptors (Lipinski definition) is 10. The van der Waals surface area contributed by atoms with Gasteiger partial charge in [0.25, 0.3) is 5.91 Å². The summed E-state index contributed by atoms with van der Waals surface area (Å²) in [5.41, 5.74) is 13.0. The minimum absolute atomic E-state index is 0.0914. The first kappa shape index (κ1) is 45.5. The van der Waals surface area contributed by atoms with Crippen molar-refractivity contribution >= 4 is 29.1 Å². The molecule has 62 heavy (non-hydrogen) atoms. The van der Waals surface area contributed by atoms with E-state index in [9.17, 15) is 19.5 Å². The van der Waals surface area contributed by atoms with Crippen molar-refractivity contribution in [2.75, 3.05) is 32.7 Å². The molecule has 13 nitrogen and oxygen atoms in total. The molecule has 0 bridgehead atoms. The number of β-amino-alcohol motifs (C(OH)–C–C–N with tert-alkyl or cyclic N) is 1. The molecular formula is C48H67N9O4S. The predicted octanol–water partition coefficient (Wildman–Crippen LogP) is 7.01. The number of nitrogens with zero attached hydrogens (tertiary/aromatic N) is 6. The van der Waals surface area contributed by atoms with Crippen molar-refractivity contribution in [1.29, 1.82) is 0 Å². The number of amides is 3. The highest BCUT2D eigenvalue weighted by atomic mass is 32.1. The molecule has 4 atom stereocenters. The van der Waals surface area contributed by atoms with Gasteiger partial charge in [-0.3, -0.25) is 19.8 Å². The van der Waals surface area contributed by atoms with Crippen LogP contribution < -0.4 is 16.2 Å². The van der Waals surface area contributed by atoms with Crippen LogP contribution in [0.2, 0.25) is 0 Å². The number of carbonyl (C=O) groups excluding carboxylic acids is 3. The molecule has 0 radical (unpaired) electrons. The molecule has 3 aliphatic rings. The van der Waals surface area contributed by atoms with Crippen molar-refractivity contribution in [2.24, 2.45) is 17.3 Å². The van der Waals surface area contributed by atoms with Crippen molar-refractivity contribution < 1.29 is 19.5 Å². The Morgan fingerprint density at radius 2 is 1.65 bits per heavy atom. The fraction of sp³-hybridized carbons (Fsp3) is 0.583. The zero-order valence-electron chi connectivity index (χ0n) is 37.5. The SMILES string of the molecule is CCCNNC(=O)c1ccc(C2CCN(CC3CCC(Cc4cn([C@H](C(=O)N5C[C@@H](O)C[C@@H]5C(=O)N[C@@H](C)c5ccc(-c6scnc6C)cc5)C(C)(C)C)nn4)CC3)CC2)cc1. The standard InChI is InChI=1S/C48H67N9O4S/c1-7-22-50-53-45(59)39-18-14-36(15-19-39)37-20-23-55(24-21-37)27-34-10-8-33(9-11-34)25-40-28-57(54-52-40)44(48(4,5)6)47(61)56-29-41(58)26-42(56)46(60)51-31(2)35-12-16-38(17-13-35)43-32(3)49-30-62-43/h12-19,28,30-31,33-34,37,41-42,44,50,58H,7-11,20-27,29H2,1-6H3,(H,51,60)(H,53,59)/t31-,33?,34?,41-,42+,44+/m0/s1. The minimum Gasteiger partial charge on any atom is -0.391 e. The molecule has 2 aromatic carbocycles. The molecule has 7 rings (SSSR count). The number of hydrazine groups is 1. The predicted molar refractivity (Wildman–Crippen MR) is 243 cm³/mol. The fourth-order valence-electron chi connectivity index (χ4n) is 9.75. The van der Waals surface area contributed by atoms with Gasteiger partial charge in [-0.25, -0.2) is 15.1 Å². The van der Waals surface area contributed by atoms with Crippen LogP contribution in [0.1, 0.15) is 137 Å². The molecule has 2 saturated heterocycles. The highest BCUT2D eigenvalue weighted by Gasteiger charge is 2.45. The number of thiazole rings is 1. The number of likely N-dealkylation sites (tertiary alicyclic amines) is 2. The van der Waals surface area contributed by atoms with Gasteiger partial charge in [-0.1, -0.05) is 69.3 Å². The van der Waals surface area contributed by atoms with E-state index in [-0.39, 0.29) is 36.7 Å². The maximum atomic E-state index is 14.5. The van der Waals surface area contributed by atoms with E-state index in [1.165, 1.54) is 18.4 Å². The van der Waals surface area contributed by atoms with E-state index >= 15 is 0 Å². The number of aliphatic hydroxyl groups is 1. The lowest BCUT2D eigenvalue weighted by atomic mass is 9.79. The Kier molecular flexibility index (Phi) is 14.9. The summed E-state index contributed by atoms with van der Waals surface area (Å²) < 4.78 is 1.69. The molecular weight excluding hydrogens is 799 g/mol. The lowest BCUT2D eigenvalue weighted by Crippen LogP contribution is -2.50. The number of nitrogens with one attached hydrogen (secondary N) is 3. The van der Waals surface area contributed by atoms with Crippen LogP contribution in [0.4, 0.5) is 0 Å². The van der Waals surface area contributed by atoms with Gasteiger partial charge in [-0.2, -0.15) is 0 Å². The van der Waals surface area contributed by atoms with Crippen molar-refractivity contribution in [3.05, 3.63) is 88.3 Å². The second kappa shape index (κ2) is 20.3. The van der Waals surface area contributed by atoms with E-state index < -0.39 is 23.6 Å².